The molecule has 2 aromatic rings. The van der Waals surface area contributed by atoms with Crippen molar-refractivity contribution in [2.24, 2.45) is 0 Å². The van der Waals surface area contributed by atoms with Crippen molar-refractivity contribution in [1.82, 2.24) is 9.80 Å². The van der Waals surface area contributed by atoms with E-state index in [0.29, 0.717) is 37.1 Å². The summed E-state index contributed by atoms with van der Waals surface area (Å²) in [5.41, 5.74) is 0.385. The first kappa shape index (κ1) is 31.3. The number of likely N-dealkylation sites (tertiary alicyclic amines) is 1. The van der Waals surface area contributed by atoms with Crippen LogP contribution in [0.2, 0.25) is 0 Å². The summed E-state index contributed by atoms with van der Waals surface area (Å²) in [6.45, 7) is 7.48. The van der Waals surface area contributed by atoms with Gasteiger partial charge in [-0.3, -0.25) is 14.5 Å². The van der Waals surface area contributed by atoms with Crippen molar-refractivity contribution in [1.29, 1.82) is 0 Å². The molecule has 0 N–H and O–H groups in total. The van der Waals surface area contributed by atoms with Gasteiger partial charge in [-0.25, -0.2) is 0 Å². The lowest BCUT2D eigenvalue weighted by Gasteiger charge is -2.60. The topological polar surface area (TPSA) is 68.3 Å². The smallest absolute Gasteiger partial charge is 0.427 e. The van der Waals surface area contributed by atoms with Crippen LogP contribution in [0.5, 0.6) is 11.5 Å². The molecule has 1 saturated carbocycles. The Kier molecular flexibility index (Phi) is 9.47. The van der Waals surface area contributed by atoms with Crippen molar-refractivity contribution in [3.8, 4) is 11.5 Å². The second-order valence-electron chi connectivity index (χ2n) is 11.0. The van der Waals surface area contributed by atoms with E-state index in [2.05, 4.69) is 16.2 Å². The molecule has 0 bridgehead atoms. The zero-order chi connectivity index (χ0) is 30.5. The van der Waals surface area contributed by atoms with E-state index in [-0.39, 0.29) is 17.7 Å². The van der Waals surface area contributed by atoms with Crippen LogP contribution in [-0.4, -0.2) is 73.5 Å². The fourth-order valence-corrected chi connectivity index (χ4v) is 6.54. The number of alkyl halides is 3. The number of nitrogens with zero attached hydrogens (tertiary/aromatic N) is 2. The van der Waals surface area contributed by atoms with Crippen LogP contribution < -0.4 is 9.47 Å². The number of methoxy groups -OCH3 is 1. The minimum Gasteiger partial charge on any atom is -0.427 e. The summed E-state index contributed by atoms with van der Waals surface area (Å²) < 4.78 is 53.7. The van der Waals surface area contributed by atoms with E-state index in [1.54, 1.807) is 31.2 Å². The normalized spacial score (nSPS) is 24.6. The largest absolute Gasteiger partial charge is 0.573 e. The van der Waals surface area contributed by atoms with Gasteiger partial charge in [0.2, 0.25) is 5.91 Å². The molecule has 1 heterocycles. The number of ether oxygens (including phenoxy) is 3. The number of esters is 1. The lowest BCUT2D eigenvalue weighted by molar-refractivity contribution is -0.274. The molecule has 2 aliphatic rings. The molecule has 10 heteroatoms. The van der Waals surface area contributed by atoms with Gasteiger partial charge in [-0.2, -0.15) is 0 Å². The Morgan fingerprint density at radius 3 is 2.57 bits per heavy atom. The minimum atomic E-state index is -4.80. The number of likely N-dealkylation sites (N-methyl/N-ethyl adjacent to an activating group) is 1. The van der Waals surface area contributed by atoms with Crippen molar-refractivity contribution < 1.29 is 37.0 Å². The number of halogens is 3. The Labute approximate surface area is 244 Å². The molecule has 1 saturated heterocycles. The van der Waals surface area contributed by atoms with Crippen molar-refractivity contribution >= 4 is 18.0 Å². The minimum absolute atomic E-state index is 0.131. The molecule has 2 fully saturated rings. The highest BCUT2D eigenvalue weighted by Crippen LogP contribution is 2.54. The van der Waals surface area contributed by atoms with Gasteiger partial charge in [0, 0.05) is 51.7 Å². The van der Waals surface area contributed by atoms with Gasteiger partial charge in [-0.1, -0.05) is 30.3 Å². The molecule has 1 amide bonds. The second kappa shape index (κ2) is 12.7. The fraction of sp³-hybridized carbons (Fsp3) is 0.438. The average molecular weight is 587 g/mol. The lowest BCUT2D eigenvalue weighted by Crippen LogP contribution is -2.68. The molecule has 3 unspecified atom stereocenters. The number of amides is 1. The summed E-state index contributed by atoms with van der Waals surface area (Å²) >= 11 is 0. The van der Waals surface area contributed by atoms with Crippen LogP contribution in [-0.2, 0) is 19.7 Å². The van der Waals surface area contributed by atoms with Crippen LogP contribution in [0, 0.1) is 0 Å². The maximum Gasteiger partial charge on any atom is 0.573 e. The van der Waals surface area contributed by atoms with Gasteiger partial charge < -0.3 is 19.1 Å². The van der Waals surface area contributed by atoms with Crippen molar-refractivity contribution in [2.45, 2.75) is 56.0 Å². The summed E-state index contributed by atoms with van der Waals surface area (Å²) in [7, 11) is 3.48. The van der Waals surface area contributed by atoms with Crippen LogP contribution in [0.25, 0.3) is 6.08 Å². The molecule has 4 rings (SSSR count). The molecule has 7 nitrogen and oxygen atoms in total. The monoisotopic (exact) mass is 586 g/mol. The molecule has 3 atom stereocenters. The molecule has 1 aliphatic carbocycles. The zero-order valence-electron chi connectivity index (χ0n) is 24.2. The number of benzene rings is 2. The van der Waals surface area contributed by atoms with Crippen molar-refractivity contribution in [2.75, 3.05) is 33.8 Å². The fourth-order valence-electron chi connectivity index (χ4n) is 6.54. The highest BCUT2D eigenvalue weighted by atomic mass is 19.4. The van der Waals surface area contributed by atoms with Crippen molar-refractivity contribution in [3.05, 3.63) is 78.4 Å². The van der Waals surface area contributed by atoms with E-state index in [1.807, 2.05) is 24.3 Å². The molecule has 42 heavy (non-hydrogen) atoms. The Balaban J connectivity index is 1.61. The third-order valence-electron chi connectivity index (χ3n) is 8.50. The van der Waals surface area contributed by atoms with Crippen LogP contribution in [0.1, 0.15) is 43.7 Å². The quantitative estimate of drug-likeness (QED) is 0.161. The molecule has 0 aromatic heterocycles. The number of hydrogen-bond acceptors (Lipinski definition) is 6. The van der Waals surface area contributed by atoms with Gasteiger partial charge in [0.1, 0.15) is 11.5 Å². The molecule has 1 aliphatic heterocycles. The highest BCUT2D eigenvalue weighted by molar-refractivity contribution is 5.91. The second-order valence-corrected chi connectivity index (χ2v) is 11.0. The Morgan fingerprint density at radius 2 is 1.88 bits per heavy atom. The maximum atomic E-state index is 13.3. The molecule has 0 radical (unpaired) electrons. The van der Waals surface area contributed by atoms with Gasteiger partial charge in [-0.15, -0.1) is 19.8 Å². The standard InChI is InChI=1S/C32H37F3N2O5/c1-5-17-37-18-16-30(25-9-7-10-27(20-25)41-23(2)38)21-26(14-15-31(30,22-37)40-4)36(3)29(39)13-12-24-8-6-11-28(19-24)42-32(33,34)35/h5-13,19-20,26H,1,14-18,21-22H2,2-4H3/b13-12+. The molecule has 0 spiro atoms. The van der Waals surface area contributed by atoms with Gasteiger partial charge in [0.15, 0.2) is 0 Å². The number of carbonyl (C=O) groups excluding carboxylic acids is 2. The van der Waals surface area contributed by atoms with Gasteiger partial charge >= 0.3 is 12.3 Å². The molecular formula is C32H37F3N2O5. The van der Waals surface area contributed by atoms with Crippen molar-refractivity contribution in [3.63, 3.8) is 0 Å². The first-order valence-electron chi connectivity index (χ1n) is 13.9. The Hall–Kier alpha value is -3.63. The predicted octanol–water partition coefficient (Wildman–Crippen LogP) is 5.75. The first-order valence-corrected chi connectivity index (χ1v) is 13.9. The van der Waals surface area contributed by atoms with Crippen LogP contribution in [0.3, 0.4) is 0 Å². The molecular weight excluding hydrogens is 549 g/mol. The predicted molar refractivity (Wildman–Crippen MR) is 153 cm³/mol. The van der Waals surface area contributed by atoms with Gasteiger partial charge in [-0.05, 0) is 73.7 Å². The Bertz CT molecular complexity index is 1330. The van der Waals surface area contributed by atoms with Gasteiger partial charge in [0.05, 0.1) is 5.60 Å². The third-order valence-corrected chi connectivity index (χ3v) is 8.50. The number of fused-ring (bicyclic) bond motifs is 1. The zero-order valence-corrected chi connectivity index (χ0v) is 24.2. The summed E-state index contributed by atoms with van der Waals surface area (Å²) in [5, 5.41) is 0. The number of piperidine rings is 1. The summed E-state index contributed by atoms with van der Waals surface area (Å²) in [6.07, 6.45) is 2.71. The summed E-state index contributed by atoms with van der Waals surface area (Å²) in [4.78, 5) is 29.0. The van der Waals surface area contributed by atoms with Crippen LogP contribution in [0.4, 0.5) is 13.2 Å². The Morgan fingerprint density at radius 1 is 1.14 bits per heavy atom. The van der Waals surface area contributed by atoms with E-state index in [4.69, 9.17) is 9.47 Å². The summed E-state index contributed by atoms with van der Waals surface area (Å²) in [5.74, 6) is -0.564. The SMILES string of the molecule is C=CCN1CCC2(c3cccc(OC(C)=O)c3)CC(N(C)C(=O)/C=C/c3cccc(OC(F)(F)F)c3)CCC2(OC)C1. The van der Waals surface area contributed by atoms with Crippen LogP contribution >= 0.6 is 0 Å². The van der Waals surface area contributed by atoms with Gasteiger partial charge in [0.25, 0.3) is 0 Å². The summed E-state index contributed by atoms with van der Waals surface area (Å²) in [6, 6.07) is 12.9. The number of hydrogen-bond donors (Lipinski definition) is 0. The average Bonchev–Trinajstić information content (AvgIpc) is 2.94. The number of rotatable bonds is 9. The molecule has 226 valence electrons. The maximum absolute atomic E-state index is 13.3. The number of carbonyl (C=O) groups is 2. The highest BCUT2D eigenvalue weighted by Gasteiger charge is 2.59. The van der Waals surface area contributed by atoms with Crippen LogP contribution in [0.15, 0.2) is 67.3 Å². The third kappa shape index (κ3) is 6.87. The van der Waals surface area contributed by atoms with E-state index in [0.717, 1.165) is 25.1 Å². The van der Waals surface area contributed by atoms with E-state index in [1.165, 1.54) is 37.3 Å². The first-order chi connectivity index (χ1) is 19.9. The molecule has 2 aromatic carbocycles. The van der Waals surface area contributed by atoms with E-state index in [9.17, 15) is 22.8 Å². The lowest BCUT2D eigenvalue weighted by atomic mass is 9.55. The van der Waals surface area contributed by atoms with E-state index >= 15 is 0 Å². The van der Waals surface area contributed by atoms with E-state index < -0.39 is 23.3 Å².